The zero-order valence-corrected chi connectivity index (χ0v) is 24.1. The molecule has 3 heterocycles. The summed E-state index contributed by atoms with van der Waals surface area (Å²) in [5, 5.41) is 19.6. The van der Waals surface area contributed by atoms with Crippen LogP contribution in [0.5, 0.6) is 0 Å². The van der Waals surface area contributed by atoms with E-state index in [-0.39, 0.29) is 23.4 Å². The van der Waals surface area contributed by atoms with Gasteiger partial charge in [-0.15, -0.1) is 11.3 Å². The summed E-state index contributed by atoms with van der Waals surface area (Å²) in [7, 11) is 0. The van der Waals surface area contributed by atoms with Crippen molar-refractivity contribution in [3.8, 4) is 0 Å². The van der Waals surface area contributed by atoms with Gasteiger partial charge in [-0.25, -0.2) is 4.39 Å². The molecular weight excluding hydrogens is 559 g/mol. The smallest absolute Gasteiger partial charge is 0.265 e. The molecule has 2 aliphatic rings. The lowest BCUT2D eigenvalue weighted by Crippen LogP contribution is -2.24. The van der Waals surface area contributed by atoms with Crippen LogP contribution in [-0.4, -0.2) is 46.8 Å². The number of hydrogen-bond donors (Lipinski definition) is 4. The summed E-state index contributed by atoms with van der Waals surface area (Å²) >= 11 is 1.36. The van der Waals surface area contributed by atoms with E-state index in [4.69, 9.17) is 20.6 Å². The van der Waals surface area contributed by atoms with Crippen LogP contribution in [0.15, 0.2) is 42.2 Å². The Balaban J connectivity index is 1.27. The fourth-order valence-corrected chi connectivity index (χ4v) is 5.83. The molecule has 220 valence electrons. The number of rotatable bonds is 11. The first-order valence-corrected chi connectivity index (χ1v) is 14.6. The summed E-state index contributed by atoms with van der Waals surface area (Å²) in [5.74, 6) is -1.49. The molecule has 5 N–H and O–H groups in total. The van der Waals surface area contributed by atoms with Gasteiger partial charge in [-0.05, 0) is 74.1 Å². The van der Waals surface area contributed by atoms with E-state index in [0.717, 1.165) is 41.9 Å². The SMILES string of the molecule is Cc1c(C(=N)/C=C(/Nc2ccn(CCOC3CCCCO3)n2)C(N)=O)ccc(F)c1NC(=O)c1cc2c(s1)=CCCC=2. The number of amides is 2. The second-order valence-corrected chi connectivity index (χ2v) is 11.1. The molecule has 3 aromatic rings. The summed E-state index contributed by atoms with van der Waals surface area (Å²) in [6.45, 7) is 3.22. The van der Waals surface area contributed by atoms with Crippen molar-refractivity contribution in [2.24, 2.45) is 5.73 Å². The lowest BCUT2D eigenvalue weighted by atomic mass is 10.0. The van der Waals surface area contributed by atoms with Crippen molar-refractivity contribution in [3.63, 3.8) is 0 Å². The number of ether oxygens (including phenoxy) is 2. The van der Waals surface area contributed by atoms with E-state index < -0.39 is 17.6 Å². The highest BCUT2D eigenvalue weighted by Gasteiger charge is 2.19. The van der Waals surface area contributed by atoms with Gasteiger partial charge in [0.1, 0.15) is 11.5 Å². The van der Waals surface area contributed by atoms with Gasteiger partial charge < -0.3 is 31.3 Å². The molecule has 10 nitrogen and oxygen atoms in total. The number of nitrogens with one attached hydrogen (secondary N) is 3. The number of benzene rings is 1. The maximum absolute atomic E-state index is 14.8. The van der Waals surface area contributed by atoms with Crippen LogP contribution >= 0.6 is 11.3 Å². The van der Waals surface area contributed by atoms with Gasteiger partial charge in [-0.3, -0.25) is 14.3 Å². The first-order chi connectivity index (χ1) is 20.3. The number of carbonyl (C=O) groups excluding carboxylic acids is 2. The van der Waals surface area contributed by atoms with E-state index in [1.165, 1.54) is 29.5 Å². The van der Waals surface area contributed by atoms with E-state index in [1.54, 1.807) is 29.9 Å². The summed E-state index contributed by atoms with van der Waals surface area (Å²) in [6, 6.07) is 6.08. The predicted molar refractivity (Wildman–Crippen MR) is 160 cm³/mol. The van der Waals surface area contributed by atoms with E-state index in [0.29, 0.717) is 41.6 Å². The highest BCUT2D eigenvalue weighted by atomic mass is 32.1. The van der Waals surface area contributed by atoms with Crippen LogP contribution in [0.1, 0.15) is 52.9 Å². The molecule has 0 saturated carbocycles. The van der Waals surface area contributed by atoms with Crippen molar-refractivity contribution in [2.75, 3.05) is 23.8 Å². The lowest BCUT2D eigenvalue weighted by Gasteiger charge is -2.22. The number of thiophene rings is 1. The molecule has 0 radical (unpaired) electrons. The number of anilines is 2. The molecule has 1 unspecified atom stereocenters. The Labute approximate surface area is 246 Å². The minimum Gasteiger partial charge on any atom is -0.364 e. The number of nitrogens with two attached hydrogens (primary N) is 1. The standard InChI is InChI=1S/C30H33FN6O4S/c1-18-20(9-10-21(31)28(18)35-30(39)25-16-19-6-2-3-7-24(19)42-25)22(32)17-23(29(33)38)34-26-11-12-37(36-26)13-15-41-27-8-4-5-14-40-27/h6-7,9-12,16-17,27,32H,2-5,8,13-15H2,1H3,(H2,33,38)(H,34,36)(H,35,39)/b23-17+,32-22?. The van der Waals surface area contributed by atoms with E-state index in [9.17, 15) is 14.0 Å². The van der Waals surface area contributed by atoms with Crippen LogP contribution in [0.2, 0.25) is 0 Å². The van der Waals surface area contributed by atoms with Crippen molar-refractivity contribution < 1.29 is 23.5 Å². The van der Waals surface area contributed by atoms with E-state index in [2.05, 4.69) is 27.9 Å². The molecule has 1 saturated heterocycles. The van der Waals surface area contributed by atoms with Gasteiger partial charge in [0.25, 0.3) is 11.8 Å². The van der Waals surface area contributed by atoms with Crippen LogP contribution in [-0.2, 0) is 20.8 Å². The molecule has 1 atom stereocenters. The fraction of sp³-hybridized carbons (Fsp3) is 0.333. The Hall–Kier alpha value is -4.13. The topological polar surface area (TPSA) is 144 Å². The molecule has 12 heteroatoms. The number of hydrogen-bond acceptors (Lipinski definition) is 8. The average molecular weight is 593 g/mol. The zero-order valence-electron chi connectivity index (χ0n) is 23.2. The number of primary amides is 1. The molecule has 1 fully saturated rings. The highest BCUT2D eigenvalue weighted by molar-refractivity contribution is 7.12. The molecule has 1 aliphatic carbocycles. The molecule has 2 aromatic heterocycles. The van der Waals surface area contributed by atoms with Crippen LogP contribution < -0.4 is 26.1 Å². The van der Waals surface area contributed by atoms with Gasteiger partial charge in [0, 0.05) is 29.0 Å². The third kappa shape index (κ3) is 7.01. The third-order valence-electron chi connectivity index (χ3n) is 7.04. The van der Waals surface area contributed by atoms with Gasteiger partial charge in [0.2, 0.25) is 0 Å². The molecule has 0 bridgehead atoms. The van der Waals surface area contributed by atoms with Crippen molar-refractivity contribution >= 4 is 52.5 Å². The first kappa shape index (κ1) is 29.4. The summed E-state index contributed by atoms with van der Waals surface area (Å²) in [5.41, 5.74) is 6.07. The molecule has 1 aliphatic heterocycles. The largest absolute Gasteiger partial charge is 0.364 e. The third-order valence-corrected chi connectivity index (χ3v) is 8.18. The molecule has 5 rings (SSSR count). The predicted octanol–water partition coefficient (Wildman–Crippen LogP) is 3.39. The Morgan fingerprint density at radius 3 is 2.86 bits per heavy atom. The lowest BCUT2D eigenvalue weighted by molar-refractivity contribution is -0.163. The first-order valence-electron chi connectivity index (χ1n) is 13.8. The van der Waals surface area contributed by atoms with Crippen molar-refractivity contribution in [1.82, 2.24) is 9.78 Å². The minimum absolute atomic E-state index is 0.0249. The molecular formula is C30H33FN6O4S. The van der Waals surface area contributed by atoms with Gasteiger partial charge >= 0.3 is 0 Å². The number of halogens is 1. The highest BCUT2D eigenvalue weighted by Crippen LogP contribution is 2.25. The number of nitrogens with zero attached hydrogens (tertiary/aromatic N) is 2. The van der Waals surface area contributed by atoms with Crippen LogP contribution in [0.4, 0.5) is 15.9 Å². The number of allylic oxidation sites excluding steroid dienone is 1. The second-order valence-electron chi connectivity index (χ2n) is 10.1. The van der Waals surface area contributed by atoms with Gasteiger partial charge in [0.05, 0.1) is 29.4 Å². The summed E-state index contributed by atoms with van der Waals surface area (Å²) in [6.07, 6.45) is 11.8. The number of fused-ring (bicyclic) bond motifs is 1. The molecule has 0 spiro atoms. The van der Waals surface area contributed by atoms with Gasteiger partial charge in [-0.2, -0.15) is 5.10 Å². The van der Waals surface area contributed by atoms with Crippen LogP contribution in [0.3, 0.4) is 0 Å². The van der Waals surface area contributed by atoms with Crippen LogP contribution in [0, 0.1) is 18.2 Å². The number of aromatic nitrogens is 2. The van der Waals surface area contributed by atoms with Gasteiger partial charge in [0.15, 0.2) is 12.1 Å². The van der Waals surface area contributed by atoms with Crippen molar-refractivity contribution in [2.45, 2.75) is 51.9 Å². The van der Waals surface area contributed by atoms with E-state index >= 15 is 0 Å². The maximum Gasteiger partial charge on any atom is 0.265 e. The van der Waals surface area contributed by atoms with E-state index in [1.807, 2.05) is 0 Å². The Morgan fingerprint density at radius 1 is 1.26 bits per heavy atom. The monoisotopic (exact) mass is 592 g/mol. The fourth-order valence-electron chi connectivity index (χ4n) is 4.80. The Bertz CT molecular complexity index is 1620. The molecule has 1 aromatic carbocycles. The normalized spacial score (nSPS) is 16.6. The van der Waals surface area contributed by atoms with Crippen LogP contribution in [0.25, 0.3) is 12.2 Å². The van der Waals surface area contributed by atoms with Gasteiger partial charge in [-0.1, -0.05) is 12.2 Å². The van der Waals surface area contributed by atoms with Crippen molar-refractivity contribution in [1.29, 1.82) is 5.41 Å². The number of carbonyl (C=O) groups is 2. The molecule has 42 heavy (non-hydrogen) atoms. The Morgan fingerprint density at radius 2 is 2.10 bits per heavy atom. The average Bonchev–Trinajstić information content (AvgIpc) is 3.62. The minimum atomic E-state index is -0.796. The summed E-state index contributed by atoms with van der Waals surface area (Å²) in [4.78, 5) is 25.7. The quantitative estimate of drug-likeness (QED) is 0.199. The summed E-state index contributed by atoms with van der Waals surface area (Å²) < 4.78 is 28.8. The molecule has 2 amide bonds. The second kappa shape index (κ2) is 13.2. The maximum atomic E-state index is 14.8. The zero-order chi connectivity index (χ0) is 29.6. The van der Waals surface area contributed by atoms with Crippen molar-refractivity contribution in [3.05, 3.63) is 73.8 Å². The Kier molecular flexibility index (Phi) is 9.25.